The molecule has 1 amide bonds. The summed E-state index contributed by atoms with van der Waals surface area (Å²) in [6.07, 6.45) is 3.69. The Morgan fingerprint density at radius 3 is 2.67 bits per heavy atom. The number of para-hydroxylation sites is 1. The topological polar surface area (TPSA) is 129 Å². The summed E-state index contributed by atoms with van der Waals surface area (Å²) in [5.74, 6) is -0.315. The molecule has 0 spiro atoms. The molecule has 1 aromatic heterocycles. The highest BCUT2D eigenvalue weighted by Crippen LogP contribution is 2.38. The van der Waals surface area contributed by atoms with Gasteiger partial charge in [-0.05, 0) is 35.8 Å². The lowest BCUT2D eigenvalue weighted by Gasteiger charge is -2.23. The summed E-state index contributed by atoms with van der Waals surface area (Å²) in [4.78, 5) is 15.3. The first-order valence-electron chi connectivity index (χ1n) is 10.5. The van der Waals surface area contributed by atoms with Crippen molar-refractivity contribution in [1.29, 1.82) is 0 Å². The molecule has 0 aliphatic carbocycles. The minimum absolute atomic E-state index is 0.305. The van der Waals surface area contributed by atoms with Crippen LogP contribution in [0.15, 0.2) is 61.2 Å². The molecule has 1 aliphatic rings. The third kappa shape index (κ3) is 4.62. The number of nitrogens with zero attached hydrogens (tertiary/aromatic N) is 1. The molecule has 1 unspecified atom stereocenters. The van der Waals surface area contributed by atoms with Crippen LogP contribution in [0.2, 0.25) is 0 Å². The standard InChI is InChI=1S/C24H26N4O4S/c1-3-22(29)26-20-7-5-4-6-17(20)16-8-9-18(24(25)30)23-19(16)14-21(27-23)15-10-12-28(13-11-15)33(2,31)32/h3-10,14,24,27,30H,1,11-13,25H2,2H3,(H,26,29). The number of hydrogen-bond donors (Lipinski definition) is 4. The molecule has 0 saturated heterocycles. The van der Waals surface area contributed by atoms with Crippen molar-refractivity contribution in [3.63, 3.8) is 0 Å². The Morgan fingerprint density at radius 2 is 2.03 bits per heavy atom. The number of rotatable bonds is 6. The molecule has 4 rings (SSSR count). The van der Waals surface area contributed by atoms with Gasteiger partial charge in [0.25, 0.3) is 0 Å². The van der Waals surface area contributed by atoms with Crippen LogP contribution >= 0.6 is 0 Å². The number of nitrogens with two attached hydrogens (primary N) is 1. The van der Waals surface area contributed by atoms with Gasteiger partial charge in [0.1, 0.15) is 6.23 Å². The van der Waals surface area contributed by atoms with E-state index in [0.717, 1.165) is 27.8 Å². The maximum absolute atomic E-state index is 11.9. The van der Waals surface area contributed by atoms with E-state index in [9.17, 15) is 18.3 Å². The first-order chi connectivity index (χ1) is 15.7. The molecule has 1 aliphatic heterocycles. The van der Waals surface area contributed by atoms with E-state index >= 15 is 0 Å². The summed E-state index contributed by atoms with van der Waals surface area (Å²) in [5.41, 5.74) is 11.2. The molecule has 9 heteroatoms. The number of anilines is 1. The second kappa shape index (κ2) is 8.95. The zero-order valence-corrected chi connectivity index (χ0v) is 19.0. The molecular weight excluding hydrogens is 440 g/mol. The van der Waals surface area contributed by atoms with E-state index in [1.165, 1.54) is 16.6 Å². The Kier molecular flexibility index (Phi) is 6.22. The number of sulfonamides is 1. The Morgan fingerprint density at radius 1 is 1.27 bits per heavy atom. The largest absolute Gasteiger partial charge is 0.374 e. The molecule has 0 fully saturated rings. The number of hydrogen-bond acceptors (Lipinski definition) is 5. The van der Waals surface area contributed by atoms with Crippen LogP contribution in [0.3, 0.4) is 0 Å². The van der Waals surface area contributed by atoms with E-state index in [1.54, 1.807) is 6.07 Å². The van der Waals surface area contributed by atoms with Gasteiger partial charge < -0.3 is 21.1 Å². The molecule has 8 nitrogen and oxygen atoms in total. The average Bonchev–Trinajstić information content (AvgIpc) is 3.23. The summed E-state index contributed by atoms with van der Waals surface area (Å²) in [6.45, 7) is 4.21. The maximum Gasteiger partial charge on any atom is 0.247 e. The number of aromatic nitrogens is 1. The quantitative estimate of drug-likeness (QED) is 0.328. The summed E-state index contributed by atoms with van der Waals surface area (Å²) >= 11 is 0. The van der Waals surface area contributed by atoms with E-state index in [-0.39, 0.29) is 5.91 Å². The molecule has 0 bridgehead atoms. The van der Waals surface area contributed by atoms with Gasteiger partial charge >= 0.3 is 0 Å². The number of aromatic amines is 1. The number of benzene rings is 2. The van der Waals surface area contributed by atoms with Crippen molar-refractivity contribution in [2.45, 2.75) is 12.6 Å². The van der Waals surface area contributed by atoms with E-state index < -0.39 is 16.3 Å². The second-order valence-corrected chi connectivity index (χ2v) is 9.94. The lowest BCUT2D eigenvalue weighted by Crippen LogP contribution is -2.33. The van der Waals surface area contributed by atoms with Gasteiger partial charge in [-0.15, -0.1) is 0 Å². The van der Waals surface area contributed by atoms with Gasteiger partial charge in [0, 0.05) is 41.0 Å². The highest BCUT2D eigenvalue weighted by Gasteiger charge is 2.22. The predicted octanol–water partition coefficient (Wildman–Crippen LogP) is 2.96. The first-order valence-corrected chi connectivity index (χ1v) is 12.3. The molecule has 1 atom stereocenters. The Bertz CT molecular complexity index is 1370. The van der Waals surface area contributed by atoms with Gasteiger partial charge in [-0.3, -0.25) is 4.79 Å². The zero-order valence-electron chi connectivity index (χ0n) is 18.2. The number of nitrogens with one attached hydrogen (secondary N) is 2. The van der Waals surface area contributed by atoms with Gasteiger partial charge in [0.05, 0.1) is 11.8 Å². The SMILES string of the molecule is C=CC(=O)Nc1ccccc1-c1ccc(C(N)O)c2[nH]c(C3=CCN(S(C)(=O)=O)CC3)cc12. The Balaban J connectivity index is 1.84. The predicted molar refractivity (Wildman–Crippen MR) is 131 cm³/mol. The molecule has 0 radical (unpaired) electrons. The molecular formula is C24H26N4O4S. The van der Waals surface area contributed by atoms with Crippen LogP contribution in [0.25, 0.3) is 27.6 Å². The van der Waals surface area contributed by atoms with E-state index in [2.05, 4.69) is 16.9 Å². The molecule has 0 saturated carbocycles. The van der Waals surface area contributed by atoms with Crippen LogP contribution in [0.4, 0.5) is 5.69 Å². The minimum atomic E-state index is -3.25. The fourth-order valence-electron chi connectivity index (χ4n) is 4.10. The van der Waals surface area contributed by atoms with Gasteiger partial charge in [0.15, 0.2) is 0 Å². The molecule has 172 valence electrons. The first kappa shape index (κ1) is 22.9. The van der Waals surface area contributed by atoms with Crippen LogP contribution in [0.1, 0.15) is 23.9 Å². The summed E-state index contributed by atoms with van der Waals surface area (Å²) in [6, 6.07) is 13.0. The van der Waals surface area contributed by atoms with Crippen molar-refractivity contribution in [2.75, 3.05) is 24.7 Å². The fourth-order valence-corrected chi connectivity index (χ4v) is 4.87. The van der Waals surface area contributed by atoms with Gasteiger partial charge in [0.2, 0.25) is 15.9 Å². The van der Waals surface area contributed by atoms with Crippen molar-refractivity contribution in [2.24, 2.45) is 5.73 Å². The average molecular weight is 467 g/mol. The number of amides is 1. The van der Waals surface area contributed by atoms with E-state index in [0.29, 0.717) is 36.3 Å². The molecule has 2 aromatic carbocycles. The van der Waals surface area contributed by atoms with Gasteiger partial charge in [-0.1, -0.05) is 43.0 Å². The number of H-pyrrole nitrogens is 1. The normalized spacial score (nSPS) is 15.8. The number of aliphatic hydroxyl groups is 1. The number of carbonyl (C=O) groups is 1. The van der Waals surface area contributed by atoms with Gasteiger partial charge in [-0.2, -0.15) is 4.31 Å². The Labute approximate surface area is 192 Å². The molecule has 2 heterocycles. The third-order valence-corrected chi connectivity index (χ3v) is 7.06. The third-order valence-electron chi connectivity index (χ3n) is 5.79. The van der Waals surface area contributed by atoms with Crippen molar-refractivity contribution >= 4 is 38.1 Å². The van der Waals surface area contributed by atoms with E-state index in [4.69, 9.17) is 5.73 Å². The highest BCUT2D eigenvalue weighted by molar-refractivity contribution is 7.88. The van der Waals surface area contributed by atoms with Crippen molar-refractivity contribution in [3.8, 4) is 11.1 Å². The van der Waals surface area contributed by atoms with Gasteiger partial charge in [-0.25, -0.2) is 8.42 Å². The van der Waals surface area contributed by atoms with Crippen LogP contribution < -0.4 is 11.1 Å². The highest BCUT2D eigenvalue weighted by atomic mass is 32.2. The smallest absolute Gasteiger partial charge is 0.247 e. The molecule has 3 aromatic rings. The maximum atomic E-state index is 11.9. The lowest BCUT2D eigenvalue weighted by molar-refractivity contribution is -0.111. The number of aliphatic hydroxyl groups excluding tert-OH is 1. The van der Waals surface area contributed by atoms with Crippen LogP contribution in [-0.2, 0) is 14.8 Å². The van der Waals surface area contributed by atoms with Crippen LogP contribution in [-0.4, -0.2) is 48.1 Å². The summed E-state index contributed by atoms with van der Waals surface area (Å²) < 4.78 is 25.1. The van der Waals surface area contributed by atoms with Crippen molar-refractivity contribution < 1.29 is 18.3 Å². The van der Waals surface area contributed by atoms with Crippen molar-refractivity contribution in [1.82, 2.24) is 9.29 Å². The van der Waals surface area contributed by atoms with Crippen LogP contribution in [0.5, 0.6) is 0 Å². The summed E-state index contributed by atoms with van der Waals surface area (Å²) in [7, 11) is -3.25. The zero-order chi connectivity index (χ0) is 23.8. The second-order valence-electron chi connectivity index (χ2n) is 7.96. The van der Waals surface area contributed by atoms with Crippen LogP contribution in [0, 0.1) is 0 Å². The monoisotopic (exact) mass is 466 g/mol. The fraction of sp³-hybridized carbons (Fsp3) is 0.208. The summed E-state index contributed by atoms with van der Waals surface area (Å²) in [5, 5.41) is 13.8. The van der Waals surface area contributed by atoms with Crippen molar-refractivity contribution in [3.05, 3.63) is 72.5 Å². The molecule has 5 N–H and O–H groups in total. The Hall–Kier alpha value is -3.24. The number of carbonyl (C=O) groups excluding carboxylic acids is 1. The molecule has 33 heavy (non-hydrogen) atoms. The number of fused-ring (bicyclic) bond motifs is 1. The minimum Gasteiger partial charge on any atom is -0.374 e. The lowest BCUT2D eigenvalue weighted by atomic mass is 9.96. The van der Waals surface area contributed by atoms with E-state index in [1.807, 2.05) is 42.5 Å².